The SMILES string of the molecule is COc1ccc(C2NC2C)cc1. The van der Waals surface area contributed by atoms with Crippen molar-refractivity contribution in [2.75, 3.05) is 7.11 Å². The lowest BCUT2D eigenvalue weighted by Gasteiger charge is -2.00. The molecule has 1 saturated heterocycles. The third kappa shape index (κ3) is 1.30. The summed E-state index contributed by atoms with van der Waals surface area (Å²) in [6.45, 7) is 2.19. The summed E-state index contributed by atoms with van der Waals surface area (Å²) in [4.78, 5) is 0. The van der Waals surface area contributed by atoms with Crippen LogP contribution in [0, 0.1) is 0 Å². The molecule has 0 bridgehead atoms. The summed E-state index contributed by atoms with van der Waals surface area (Å²) in [6.07, 6.45) is 0. The Morgan fingerprint density at radius 1 is 1.25 bits per heavy atom. The van der Waals surface area contributed by atoms with Crippen molar-refractivity contribution in [2.45, 2.75) is 19.0 Å². The van der Waals surface area contributed by atoms with Gasteiger partial charge in [0.2, 0.25) is 0 Å². The maximum Gasteiger partial charge on any atom is 0.118 e. The minimum Gasteiger partial charge on any atom is -0.497 e. The molecule has 2 rings (SSSR count). The van der Waals surface area contributed by atoms with E-state index in [1.165, 1.54) is 5.56 Å². The first-order valence-electron chi connectivity index (χ1n) is 4.21. The number of benzene rings is 1. The molecule has 1 N–H and O–H groups in total. The van der Waals surface area contributed by atoms with Gasteiger partial charge in [-0.25, -0.2) is 0 Å². The highest BCUT2D eigenvalue weighted by Gasteiger charge is 2.32. The van der Waals surface area contributed by atoms with Crippen molar-refractivity contribution in [3.8, 4) is 5.75 Å². The van der Waals surface area contributed by atoms with Gasteiger partial charge in [-0.1, -0.05) is 12.1 Å². The molecule has 12 heavy (non-hydrogen) atoms. The van der Waals surface area contributed by atoms with E-state index in [2.05, 4.69) is 24.4 Å². The van der Waals surface area contributed by atoms with Crippen molar-refractivity contribution in [3.63, 3.8) is 0 Å². The number of nitrogens with one attached hydrogen (secondary N) is 1. The van der Waals surface area contributed by atoms with Crippen LogP contribution < -0.4 is 10.1 Å². The summed E-state index contributed by atoms with van der Waals surface area (Å²) < 4.78 is 5.08. The third-order valence-corrected chi connectivity index (χ3v) is 2.31. The van der Waals surface area contributed by atoms with Gasteiger partial charge in [0, 0.05) is 12.1 Å². The van der Waals surface area contributed by atoms with Gasteiger partial charge in [-0.3, -0.25) is 0 Å². The quantitative estimate of drug-likeness (QED) is 0.673. The molecule has 64 valence electrons. The Kier molecular flexibility index (Phi) is 1.77. The molecule has 0 radical (unpaired) electrons. The molecule has 2 atom stereocenters. The summed E-state index contributed by atoms with van der Waals surface area (Å²) in [5.74, 6) is 0.923. The Bertz CT molecular complexity index is 268. The van der Waals surface area contributed by atoms with Gasteiger partial charge in [0.25, 0.3) is 0 Å². The second-order valence-electron chi connectivity index (χ2n) is 3.21. The van der Waals surface area contributed by atoms with Gasteiger partial charge in [-0.15, -0.1) is 0 Å². The van der Waals surface area contributed by atoms with E-state index in [0.29, 0.717) is 12.1 Å². The van der Waals surface area contributed by atoms with E-state index in [0.717, 1.165) is 5.75 Å². The Labute approximate surface area is 72.5 Å². The first-order chi connectivity index (χ1) is 5.81. The smallest absolute Gasteiger partial charge is 0.118 e. The van der Waals surface area contributed by atoms with Crippen LogP contribution in [-0.4, -0.2) is 13.2 Å². The van der Waals surface area contributed by atoms with Gasteiger partial charge < -0.3 is 10.1 Å². The first-order valence-corrected chi connectivity index (χ1v) is 4.21. The lowest BCUT2D eigenvalue weighted by molar-refractivity contribution is 0.414. The summed E-state index contributed by atoms with van der Waals surface area (Å²) in [7, 11) is 1.69. The molecule has 2 nitrogen and oxygen atoms in total. The summed E-state index contributed by atoms with van der Waals surface area (Å²) >= 11 is 0. The lowest BCUT2D eigenvalue weighted by atomic mass is 10.1. The summed E-state index contributed by atoms with van der Waals surface area (Å²) in [5, 5.41) is 3.34. The predicted octanol–water partition coefficient (Wildman–Crippen LogP) is 1.73. The van der Waals surface area contributed by atoms with Crippen LogP contribution >= 0.6 is 0 Å². The van der Waals surface area contributed by atoms with Crippen molar-refractivity contribution >= 4 is 0 Å². The van der Waals surface area contributed by atoms with E-state index in [1.54, 1.807) is 7.11 Å². The van der Waals surface area contributed by atoms with Gasteiger partial charge in [0.15, 0.2) is 0 Å². The Morgan fingerprint density at radius 2 is 1.83 bits per heavy atom. The monoisotopic (exact) mass is 163 g/mol. The van der Waals surface area contributed by atoms with Crippen molar-refractivity contribution in [1.82, 2.24) is 5.32 Å². The molecule has 0 aliphatic carbocycles. The number of rotatable bonds is 2. The number of ether oxygens (including phenoxy) is 1. The van der Waals surface area contributed by atoms with Crippen LogP contribution in [0.15, 0.2) is 24.3 Å². The van der Waals surface area contributed by atoms with E-state index in [9.17, 15) is 0 Å². The molecule has 1 aliphatic rings. The van der Waals surface area contributed by atoms with Crippen LogP contribution in [0.4, 0.5) is 0 Å². The zero-order valence-corrected chi connectivity index (χ0v) is 7.37. The summed E-state index contributed by atoms with van der Waals surface area (Å²) in [5.41, 5.74) is 1.35. The van der Waals surface area contributed by atoms with Gasteiger partial charge in [0.1, 0.15) is 5.75 Å². The molecule has 1 heterocycles. The molecule has 0 spiro atoms. The summed E-state index contributed by atoms with van der Waals surface area (Å²) in [6, 6.07) is 9.43. The fourth-order valence-corrected chi connectivity index (χ4v) is 1.42. The minimum absolute atomic E-state index is 0.566. The third-order valence-electron chi connectivity index (χ3n) is 2.31. The molecule has 1 aromatic rings. The van der Waals surface area contributed by atoms with Crippen molar-refractivity contribution < 1.29 is 4.74 Å². The Hall–Kier alpha value is -1.02. The zero-order chi connectivity index (χ0) is 8.55. The minimum atomic E-state index is 0.566. The molecule has 0 amide bonds. The van der Waals surface area contributed by atoms with Gasteiger partial charge in [-0.2, -0.15) is 0 Å². The zero-order valence-electron chi connectivity index (χ0n) is 7.37. The molecule has 1 fully saturated rings. The molecule has 1 aromatic carbocycles. The van der Waals surface area contributed by atoms with Crippen LogP contribution in [0.3, 0.4) is 0 Å². The highest BCUT2D eigenvalue weighted by atomic mass is 16.5. The van der Waals surface area contributed by atoms with E-state index < -0.39 is 0 Å². The topological polar surface area (TPSA) is 31.2 Å². The average molecular weight is 163 g/mol. The van der Waals surface area contributed by atoms with E-state index in [1.807, 2.05) is 12.1 Å². The second-order valence-corrected chi connectivity index (χ2v) is 3.21. The maximum absolute atomic E-state index is 5.08. The predicted molar refractivity (Wildman–Crippen MR) is 48.3 cm³/mol. The standard InChI is InChI=1S/C10H13NO/c1-7-10(11-7)8-3-5-9(12-2)6-4-8/h3-7,10-11H,1-2H3. The largest absolute Gasteiger partial charge is 0.497 e. The van der Waals surface area contributed by atoms with Crippen LogP contribution in [0.5, 0.6) is 5.75 Å². The van der Waals surface area contributed by atoms with Gasteiger partial charge >= 0.3 is 0 Å². The van der Waals surface area contributed by atoms with E-state index in [4.69, 9.17) is 4.74 Å². The van der Waals surface area contributed by atoms with Crippen molar-refractivity contribution in [2.24, 2.45) is 0 Å². The number of hydrogen-bond donors (Lipinski definition) is 1. The molecule has 0 saturated carbocycles. The molecule has 2 heteroatoms. The number of methoxy groups -OCH3 is 1. The highest BCUT2D eigenvalue weighted by Crippen LogP contribution is 2.29. The van der Waals surface area contributed by atoms with Crippen LogP contribution in [-0.2, 0) is 0 Å². The molecular formula is C10H13NO. The van der Waals surface area contributed by atoms with Crippen LogP contribution in [0.25, 0.3) is 0 Å². The Morgan fingerprint density at radius 3 is 2.25 bits per heavy atom. The molecular weight excluding hydrogens is 150 g/mol. The Balaban J connectivity index is 2.14. The van der Waals surface area contributed by atoms with Crippen molar-refractivity contribution in [3.05, 3.63) is 29.8 Å². The van der Waals surface area contributed by atoms with Gasteiger partial charge in [-0.05, 0) is 24.6 Å². The van der Waals surface area contributed by atoms with Crippen LogP contribution in [0.2, 0.25) is 0 Å². The maximum atomic E-state index is 5.08. The second kappa shape index (κ2) is 2.79. The molecule has 1 aliphatic heterocycles. The van der Waals surface area contributed by atoms with Crippen LogP contribution in [0.1, 0.15) is 18.5 Å². The van der Waals surface area contributed by atoms with Gasteiger partial charge in [0.05, 0.1) is 7.11 Å². The van der Waals surface area contributed by atoms with E-state index in [-0.39, 0.29) is 0 Å². The lowest BCUT2D eigenvalue weighted by Crippen LogP contribution is -1.86. The first kappa shape index (κ1) is 7.62. The fourth-order valence-electron chi connectivity index (χ4n) is 1.42. The molecule has 0 aromatic heterocycles. The molecule has 2 unspecified atom stereocenters. The van der Waals surface area contributed by atoms with E-state index >= 15 is 0 Å². The normalized spacial score (nSPS) is 26.8. The average Bonchev–Trinajstić information content (AvgIpc) is 2.83. The highest BCUT2D eigenvalue weighted by molar-refractivity contribution is 5.32. The van der Waals surface area contributed by atoms with Crippen molar-refractivity contribution in [1.29, 1.82) is 0 Å². The fraction of sp³-hybridized carbons (Fsp3) is 0.400. The number of hydrogen-bond acceptors (Lipinski definition) is 2.